The van der Waals surface area contributed by atoms with Crippen LogP contribution in [0, 0.1) is 11.7 Å². The molecule has 1 unspecified atom stereocenters. The maximum absolute atomic E-state index is 12.9. The molecule has 0 radical (unpaired) electrons. The average molecular weight is 339 g/mol. The Balaban J connectivity index is 2.04. The van der Waals surface area contributed by atoms with Crippen molar-refractivity contribution in [3.63, 3.8) is 0 Å². The Morgan fingerprint density at radius 1 is 1.25 bits per heavy atom. The maximum atomic E-state index is 12.9. The molecule has 0 saturated carbocycles. The predicted octanol–water partition coefficient (Wildman–Crippen LogP) is 3.92. The van der Waals surface area contributed by atoms with Gasteiger partial charge in [-0.25, -0.2) is 4.39 Å². The number of aryl methyl sites for hydroxylation is 2. The SMILES string of the molecule is CCc1cc(CC(CBr)Cc2ccc(F)cc2)n(C)n1. The Kier molecular flexibility index (Phi) is 5.35. The van der Waals surface area contributed by atoms with Crippen molar-refractivity contribution in [2.24, 2.45) is 13.0 Å². The summed E-state index contributed by atoms with van der Waals surface area (Å²) in [5.74, 6) is 0.309. The number of rotatable bonds is 6. The molecule has 1 atom stereocenters. The van der Waals surface area contributed by atoms with E-state index in [2.05, 4.69) is 34.0 Å². The van der Waals surface area contributed by atoms with Crippen LogP contribution in [-0.2, 0) is 26.3 Å². The van der Waals surface area contributed by atoms with Crippen LogP contribution in [0.3, 0.4) is 0 Å². The van der Waals surface area contributed by atoms with E-state index in [1.165, 1.54) is 23.4 Å². The molecule has 108 valence electrons. The van der Waals surface area contributed by atoms with Gasteiger partial charge in [0.25, 0.3) is 0 Å². The van der Waals surface area contributed by atoms with Gasteiger partial charge >= 0.3 is 0 Å². The predicted molar refractivity (Wildman–Crippen MR) is 83.7 cm³/mol. The van der Waals surface area contributed by atoms with Gasteiger partial charge in [-0.15, -0.1) is 0 Å². The van der Waals surface area contributed by atoms with Crippen LogP contribution >= 0.6 is 15.9 Å². The molecule has 2 nitrogen and oxygen atoms in total. The topological polar surface area (TPSA) is 17.8 Å². The first-order chi connectivity index (χ1) is 9.62. The standard InChI is InChI=1S/C16H20BrFN2/c1-3-15-10-16(20(2)19-15)9-13(11-17)8-12-4-6-14(18)7-5-12/h4-7,10,13H,3,8-9,11H2,1-2H3. The van der Waals surface area contributed by atoms with Crippen molar-refractivity contribution >= 4 is 15.9 Å². The van der Waals surface area contributed by atoms with Crippen molar-refractivity contribution in [3.05, 3.63) is 53.1 Å². The summed E-state index contributed by atoms with van der Waals surface area (Å²) in [4.78, 5) is 0. The Hall–Kier alpha value is -1.16. The zero-order chi connectivity index (χ0) is 14.5. The van der Waals surface area contributed by atoms with Gasteiger partial charge in [-0.1, -0.05) is 35.0 Å². The van der Waals surface area contributed by atoms with E-state index < -0.39 is 0 Å². The minimum atomic E-state index is -0.177. The summed E-state index contributed by atoms with van der Waals surface area (Å²) < 4.78 is 14.9. The van der Waals surface area contributed by atoms with Crippen LogP contribution in [0.4, 0.5) is 4.39 Å². The van der Waals surface area contributed by atoms with Crippen LogP contribution in [-0.4, -0.2) is 15.1 Å². The molecule has 1 aromatic heterocycles. The number of hydrogen-bond acceptors (Lipinski definition) is 1. The molecule has 0 saturated heterocycles. The molecular weight excluding hydrogens is 319 g/mol. The van der Waals surface area contributed by atoms with E-state index in [0.717, 1.165) is 30.3 Å². The second-order valence-corrected chi connectivity index (χ2v) is 5.81. The minimum Gasteiger partial charge on any atom is -0.272 e. The quantitative estimate of drug-likeness (QED) is 0.730. The molecular formula is C16H20BrFN2. The Morgan fingerprint density at radius 3 is 2.50 bits per heavy atom. The summed E-state index contributed by atoms with van der Waals surface area (Å²) >= 11 is 3.59. The van der Waals surface area contributed by atoms with Crippen molar-refractivity contribution < 1.29 is 4.39 Å². The van der Waals surface area contributed by atoms with Crippen LogP contribution in [0.5, 0.6) is 0 Å². The number of benzene rings is 1. The lowest BCUT2D eigenvalue weighted by atomic mass is 9.96. The van der Waals surface area contributed by atoms with E-state index >= 15 is 0 Å². The maximum Gasteiger partial charge on any atom is 0.123 e. The molecule has 0 N–H and O–H groups in total. The molecule has 1 heterocycles. The Bertz CT molecular complexity index is 548. The van der Waals surface area contributed by atoms with Gasteiger partial charge < -0.3 is 0 Å². The minimum absolute atomic E-state index is 0.177. The number of hydrogen-bond donors (Lipinski definition) is 0. The third-order valence-corrected chi connectivity index (χ3v) is 4.46. The molecule has 0 bridgehead atoms. The third-order valence-electron chi connectivity index (χ3n) is 3.54. The largest absolute Gasteiger partial charge is 0.272 e. The zero-order valence-corrected chi connectivity index (χ0v) is 13.5. The van der Waals surface area contributed by atoms with Gasteiger partial charge in [0.2, 0.25) is 0 Å². The fourth-order valence-electron chi connectivity index (χ4n) is 2.37. The summed E-state index contributed by atoms with van der Waals surface area (Å²) in [5, 5.41) is 5.41. The van der Waals surface area contributed by atoms with Crippen molar-refractivity contribution in [1.82, 2.24) is 9.78 Å². The first kappa shape index (κ1) is 15.2. The third kappa shape index (κ3) is 3.92. The van der Waals surface area contributed by atoms with E-state index in [4.69, 9.17) is 0 Å². The lowest BCUT2D eigenvalue weighted by Crippen LogP contribution is -2.12. The number of aromatic nitrogens is 2. The van der Waals surface area contributed by atoms with Gasteiger partial charge in [0.1, 0.15) is 5.82 Å². The molecule has 2 rings (SSSR count). The van der Waals surface area contributed by atoms with Gasteiger partial charge in [0, 0.05) is 18.1 Å². The van der Waals surface area contributed by atoms with Crippen molar-refractivity contribution in [2.75, 3.05) is 5.33 Å². The van der Waals surface area contributed by atoms with E-state index in [0.29, 0.717) is 5.92 Å². The second-order valence-electron chi connectivity index (χ2n) is 5.16. The van der Waals surface area contributed by atoms with Crippen LogP contribution in [0.2, 0.25) is 0 Å². The highest BCUT2D eigenvalue weighted by Gasteiger charge is 2.13. The van der Waals surface area contributed by atoms with Gasteiger partial charge in [0.15, 0.2) is 0 Å². The lowest BCUT2D eigenvalue weighted by molar-refractivity contribution is 0.555. The molecule has 0 aliphatic carbocycles. The smallest absolute Gasteiger partial charge is 0.123 e. The first-order valence-corrected chi connectivity index (χ1v) is 8.06. The highest BCUT2D eigenvalue weighted by Crippen LogP contribution is 2.18. The van der Waals surface area contributed by atoms with E-state index in [1.54, 1.807) is 0 Å². The Labute approximate surface area is 128 Å². The van der Waals surface area contributed by atoms with E-state index in [9.17, 15) is 4.39 Å². The highest BCUT2D eigenvalue weighted by atomic mass is 79.9. The summed E-state index contributed by atoms with van der Waals surface area (Å²) in [6.07, 6.45) is 2.88. The fourth-order valence-corrected chi connectivity index (χ4v) is 2.82. The second kappa shape index (κ2) is 7.02. The van der Waals surface area contributed by atoms with Crippen molar-refractivity contribution in [3.8, 4) is 0 Å². The van der Waals surface area contributed by atoms with Crippen molar-refractivity contribution in [2.45, 2.75) is 26.2 Å². The highest BCUT2D eigenvalue weighted by molar-refractivity contribution is 9.09. The summed E-state index contributed by atoms with van der Waals surface area (Å²) in [6.45, 7) is 2.12. The monoisotopic (exact) mass is 338 g/mol. The molecule has 20 heavy (non-hydrogen) atoms. The zero-order valence-electron chi connectivity index (χ0n) is 11.9. The van der Waals surface area contributed by atoms with Gasteiger partial charge in [-0.2, -0.15) is 5.10 Å². The van der Waals surface area contributed by atoms with Gasteiger partial charge in [0.05, 0.1) is 5.69 Å². The number of alkyl halides is 1. The van der Waals surface area contributed by atoms with E-state index in [-0.39, 0.29) is 5.82 Å². The van der Waals surface area contributed by atoms with Crippen LogP contribution < -0.4 is 0 Å². The van der Waals surface area contributed by atoms with Crippen LogP contribution in [0.25, 0.3) is 0 Å². The summed E-state index contributed by atoms with van der Waals surface area (Å²) in [7, 11) is 2.00. The van der Waals surface area contributed by atoms with Gasteiger partial charge in [-0.3, -0.25) is 4.68 Å². The normalized spacial score (nSPS) is 12.6. The average Bonchev–Trinajstić information content (AvgIpc) is 2.81. The van der Waals surface area contributed by atoms with Crippen LogP contribution in [0.15, 0.2) is 30.3 Å². The number of nitrogens with zero attached hydrogens (tertiary/aromatic N) is 2. The molecule has 0 aliphatic rings. The van der Waals surface area contributed by atoms with E-state index in [1.807, 2.05) is 23.9 Å². The lowest BCUT2D eigenvalue weighted by Gasteiger charge is -2.14. The molecule has 0 aliphatic heterocycles. The first-order valence-electron chi connectivity index (χ1n) is 6.94. The fraction of sp³-hybridized carbons (Fsp3) is 0.438. The van der Waals surface area contributed by atoms with Gasteiger partial charge in [-0.05, 0) is 48.9 Å². The molecule has 0 spiro atoms. The van der Waals surface area contributed by atoms with Crippen molar-refractivity contribution in [1.29, 1.82) is 0 Å². The van der Waals surface area contributed by atoms with Crippen LogP contribution in [0.1, 0.15) is 23.9 Å². The molecule has 0 fully saturated rings. The summed E-state index contributed by atoms with van der Waals surface area (Å²) in [6, 6.07) is 8.97. The number of halogens is 2. The Morgan fingerprint density at radius 2 is 1.95 bits per heavy atom. The molecule has 0 amide bonds. The molecule has 1 aromatic carbocycles. The summed E-state index contributed by atoms with van der Waals surface area (Å²) in [5.41, 5.74) is 3.57. The molecule has 2 aromatic rings. The molecule has 4 heteroatoms.